The average Bonchev–Trinajstić information content (AvgIpc) is 2.63. The predicted octanol–water partition coefficient (Wildman–Crippen LogP) is 2.35. The summed E-state index contributed by atoms with van der Waals surface area (Å²) in [6.07, 6.45) is 1.54. The number of carbonyl (C=O) groups excluding carboxylic acids is 2. The van der Waals surface area contributed by atoms with Gasteiger partial charge in [-0.05, 0) is 38.8 Å². The van der Waals surface area contributed by atoms with E-state index in [0.29, 0.717) is 24.4 Å². The lowest BCUT2D eigenvalue weighted by molar-refractivity contribution is 0.0908. The third kappa shape index (κ3) is 4.19. The lowest BCUT2D eigenvalue weighted by Gasteiger charge is -2.35. The second-order valence-corrected chi connectivity index (χ2v) is 5.89. The highest BCUT2D eigenvalue weighted by molar-refractivity contribution is 5.97. The Morgan fingerprint density at radius 3 is 2.42 bits per heavy atom. The van der Waals surface area contributed by atoms with Crippen molar-refractivity contribution in [2.75, 3.05) is 33.3 Å². The highest BCUT2D eigenvalue weighted by Crippen LogP contribution is 2.19. The van der Waals surface area contributed by atoms with Crippen molar-refractivity contribution in [3.63, 3.8) is 0 Å². The summed E-state index contributed by atoms with van der Waals surface area (Å²) in [4.78, 5) is 28.5. The molecule has 0 bridgehead atoms. The van der Waals surface area contributed by atoms with Gasteiger partial charge in [0.15, 0.2) is 0 Å². The molecule has 1 saturated heterocycles. The number of rotatable bonds is 5. The van der Waals surface area contributed by atoms with Gasteiger partial charge in [0, 0.05) is 32.2 Å². The van der Waals surface area contributed by atoms with Crippen molar-refractivity contribution in [2.24, 2.45) is 0 Å². The fourth-order valence-corrected chi connectivity index (χ4v) is 3.00. The van der Waals surface area contributed by atoms with Gasteiger partial charge >= 0.3 is 6.03 Å². The summed E-state index contributed by atoms with van der Waals surface area (Å²) < 4.78 is 5.24. The molecule has 3 amide bonds. The molecule has 0 unspecified atom stereocenters. The van der Waals surface area contributed by atoms with E-state index in [1.165, 1.54) is 0 Å². The van der Waals surface area contributed by atoms with Gasteiger partial charge in [0.25, 0.3) is 5.91 Å². The number of amides is 3. The van der Waals surface area contributed by atoms with Crippen LogP contribution in [0.4, 0.5) is 4.79 Å². The van der Waals surface area contributed by atoms with Crippen LogP contribution in [-0.4, -0.2) is 61.1 Å². The Hall–Kier alpha value is -2.24. The predicted molar refractivity (Wildman–Crippen MR) is 93.4 cm³/mol. The minimum atomic E-state index is -0.124. The van der Waals surface area contributed by atoms with E-state index in [4.69, 9.17) is 4.74 Å². The molecule has 1 heterocycles. The molecular formula is C18H27N3O3. The van der Waals surface area contributed by atoms with E-state index >= 15 is 0 Å². The van der Waals surface area contributed by atoms with Crippen LogP contribution in [-0.2, 0) is 0 Å². The Balaban J connectivity index is 1.89. The van der Waals surface area contributed by atoms with Gasteiger partial charge < -0.3 is 19.9 Å². The molecule has 1 aromatic rings. The fourth-order valence-electron chi connectivity index (χ4n) is 3.00. The van der Waals surface area contributed by atoms with Crippen molar-refractivity contribution in [1.82, 2.24) is 15.1 Å². The second-order valence-electron chi connectivity index (χ2n) is 5.89. The highest BCUT2D eigenvalue weighted by atomic mass is 16.5. The topological polar surface area (TPSA) is 61.9 Å². The number of methoxy groups -OCH3 is 1. The largest absolute Gasteiger partial charge is 0.496 e. The molecule has 6 heteroatoms. The normalized spacial score (nSPS) is 15.0. The SMILES string of the molecule is CCN(CC)C(=O)N1CCC(NC(=O)c2ccccc2OC)CC1. The molecule has 0 aromatic heterocycles. The number of hydrogen-bond acceptors (Lipinski definition) is 3. The maximum absolute atomic E-state index is 12.4. The molecular weight excluding hydrogens is 306 g/mol. The molecule has 1 N–H and O–H groups in total. The standard InChI is InChI=1S/C18H27N3O3/c1-4-20(5-2)18(23)21-12-10-14(11-13-21)19-17(22)15-8-6-7-9-16(15)24-3/h6-9,14H,4-5,10-13H2,1-3H3,(H,19,22). The molecule has 1 aliphatic rings. The van der Waals surface area contributed by atoms with Gasteiger partial charge in [-0.2, -0.15) is 0 Å². The van der Waals surface area contributed by atoms with Gasteiger partial charge in [0.1, 0.15) is 5.75 Å². The molecule has 1 aromatic carbocycles. The molecule has 24 heavy (non-hydrogen) atoms. The lowest BCUT2D eigenvalue weighted by atomic mass is 10.0. The van der Waals surface area contributed by atoms with Gasteiger partial charge in [-0.3, -0.25) is 4.79 Å². The summed E-state index contributed by atoms with van der Waals surface area (Å²) in [5.41, 5.74) is 0.543. The maximum Gasteiger partial charge on any atom is 0.319 e. The maximum atomic E-state index is 12.4. The van der Waals surface area contributed by atoms with Crippen LogP contribution in [0.15, 0.2) is 24.3 Å². The van der Waals surface area contributed by atoms with Crippen LogP contribution in [0.1, 0.15) is 37.0 Å². The average molecular weight is 333 g/mol. The number of carbonyl (C=O) groups is 2. The highest BCUT2D eigenvalue weighted by Gasteiger charge is 2.26. The smallest absolute Gasteiger partial charge is 0.319 e. The number of likely N-dealkylation sites (tertiary alicyclic amines) is 1. The minimum absolute atomic E-state index is 0.0863. The van der Waals surface area contributed by atoms with Crippen molar-refractivity contribution >= 4 is 11.9 Å². The molecule has 6 nitrogen and oxygen atoms in total. The van der Waals surface area contributed by atoms with Crippen molar-refractivity contribution in [2.45, 2.75) is 32.7 Å². The summed E-state index contributed by atoms with van der Waals surface area (Å²) in [5, 5.41) is 3.06. The molecule has 0 radical (unpaired) electrons. The van der Waals surface area contributed by atoms with Gasteiger partial charge in [0.2, 0.25) is 0 Å². The zero-order valence-corrected chi connectivity index (χ0v) is 14.7. The number of nitrogens with one attached hydrogen (secondary N) is 1. The number of benzene rings is 1. The molecule has 0 aliphatic carbocycles. The second kappa shape index (κ2) is 8.57. The van der Waals surface area contributed by atoms with Gasteiger partial charge in [-0.25, -0.2) is 4.79 Å². The number of hydrogen-bond donors (Lipinski definition) is 1. The summed E-state index contributed by atoms with van der Waals surface area (Å²) in [6, 6.07) is 7.38. The molecule has 0 spiro atoms. The number of para-hydroxylation sites is 1. The number of ether oxygens (including phenoxy) is 1. The first-order chi connectivity index (χ1) is 11.6. The van der Waals surface area contributed by atoms with Crippen LogP contribution >= 0.6 is 0 Å². The van der Waals surface area contributed by atoms with Crippen LogP contribution in [0.2, 0.25) is 0 Å². The summed E-state index contributed by atoms with van der Waals surface area (Å²) in [6.45, 7) is 6.77. The fraction of sp³-hybridized carbons (Fsp3) is 0.556. The summed E-state index contributed by atoms with van der Waals surface area (Å²) >= 11 is 0. The Labute approximate surface area is 143 Å². The van der Waals surface area contributed by atoms with Crippen molar-refractivity contribution < 1.29 is 14.3 Å². The van der Waals surface area contributed by atoms with Crippen molar-refractivity contribution in [3.05, 3.63) is 29.8 Å². The molecule has 1 aliphatic heterocycles. The number of urea groups is 1. The van der Waals surface area contributed by atoms with Crippen LogP contribution in [0, 0.1) is 0 Å². The first-order valence-corrected chi connectivity index (χ1v) is 8.58. The Kier molecular flexibility index (Phi) is 6.46. The molecule has 1 fully saturated rings. The van der Waals surface area contributed by atoms with E-state index in [2.05, 4.69) is 5.32 Å². The lowest BCUT2D eigenvalue weighted by Crippen LogP contribution is -2.50. The molecule has 132 valence electrons. The summed E-state index contributed by atoms with van der Waals surface area (Å²) in [5.74, 6) is 0.449. The first-order valence-electron chi connectivity index (χ1n) is 8.58. The van der Waals surface area contributed by atoms with E-state index in [1.807, 2.05) is 35.8 Å². The van der Waals surface area contributed by atoms with Crippen molar-refractivity contribution in [1.29, 1.82) is 0 Å². The Morgan fingerprint density at radius 2 is 1.83 bits per heavy atom. The van der Waals surface area contributed by atoms with E-state index < -0.39 is 0 Å². The quantitative estimate of drug-likeness (QED) is 0.900. The van der Waals surface area contributed by atoms with Crippen LogP contribution in [0.5, 0.6) is 5.75 Å². The third-order valence-corrected chi connectivity index (χ3v) is 4.49. The van der Waals surface area contributed by atoms with Gasteiger partial charge in [-0.1, -0.05) is 12.1 Å². The molecule has 2 rings (SSSR count). The zero-order valence-electron chi connectivity index (χ0n) is 14.7. The van der Waals surface area contributed by atoms with Gasteiger partial charge in [0.05, 0.1) is 12.7 Å². The van der Waals surface area contributed by atoms with E-state index in [0.717, 1.165) is 25.9 Å². The van der Waals surface area contributed by atoms with Crippen LogP contribution < -0.4 is 10.1 Å². The monoisotopic (exact) mass is 333 g/mol. The molecule has 0 saturated carbocycles. The van der Waals surface area contributed by atoms with Crippen molar-refractivity contribution in [3.8, 4) is 5.75 Å². The first kappa shape index (κ1) is 18.1. The van der Waals surface area contributed by atoms with Crippen LogP contribution in [0.25, 0.3) is 0 Å². The van der Waals surface area contributed by atoms with E-state index in [1.54, 1.807) is 19.2 Å². The van der Waals surface area contributed by atoms with Gasteiger partial charge in [-0.15, -0.1) is 0 Å². The van der Waals surface area contributed by atoms with Crippen LogP contribution in [0.3, 0.4) is 0 Å². The van der Waals surface area contributed by atoms with E-state index in [9.17, 15) is 9.59 Å². The number of piperidine rings is 1. The number of nitrogens with zero attached hydrogens (tertiary/aromatic N) is 2. The van der Waals surface area contributed by atoms with E-state index in [-0.39, 0.29) is 18.0 Å². The molecule has 0 atom stereocenters. The third-order valence-electron chi connectivity index (χ3n) is 4.49. The zero-order chi connectivity index (χ0) is 17.5. The Morgan fingerprint density at radius 1 is 1.21 bits per heavy atom. The summed E-state index contributed by atoms with van der Waals surface area (Å²) in [7, 11) is 1.56. The minimum Gasteiger partial charge on any atom is -0.496 e. The Bertz CT molecular complexity index is 564.